The second-order valence-corrected chi connectivity index (χ2v) is 8.42. The molecular weight excluding hydrogens is 439 g/mol. The molecule has 0 aliphatic carbocycles. The van der Waals surface area contributed by atoms with Gasteiger partial charge in [-0.25, -0.2) is 24.2 Å². The zero-order valence-electron chi connectivity index (χ0n) is 18.6. The van der Waals surface area contributed by atoms with Crippen molar-refractivity contribution in [3.05, 3.63) is 82.1 Å². The molecule has 34 heavy (non-hydrogen) atoms. The number of furan rings is 1. The summed E-state index contributed by atoms with van der Waals surface area (Å²) >= 11 is 0. The van der Waals surface area contributed by atoms with Crippen molar-refractivity contribution >= 4 is 22.9 Å². The fraction of sp³-hybridized carbons (Fsp3) is 0.261. The lowest BCUT2D eigenvalue weighted by atomic mass is 10.1. The van der Waals surface area contributed by atoms with Crippen molar-refractivity contribution in [1.29, 1.82) is 0 Å². The van der Waals surface area contributed by atoms with Crippen LogP contribution in [0.3, 0.4) is 0 Å². The van der Waals surface area contributed by atoms with E-state index in [1.807, 2.05) is 6.07 Å². The number of nitrogens with two attached hydrogens (primary N) is 1. The summed E-state index contributed by atoms with van der Waals surface area (Å²) in [5, 5.41) is 1.46. The van der Waals surface area contributed by atoms with Gasteiger partial charge in [0.15, 0.2) is 11.6 Å². The Labute approximate surface area is 193 Å². The van der Waals surface area contributed by atoms with E-state index in [0.29, 0.717) is 41.9 Å². The Morgan fingerprint density at radius 1 is 1.18 bits per heavy atom. The molecule has 0 bridgehead atoms. The predicted molar refractivity (Wildman–Crippen MR) is 125 cm³/mol. The van der Waals surface area contributed by atoms with Gasteiger partial charge in [0.25, 0.3) is 0 Å². The number of aliphatic imine (C=N–C) groups is 1. The second-order valence-electron chi connectivity index (χ2n) is 8.42. The van der Waals surface area contributed by atoms with Gasteiger partial charge in [0.05, 0.1) is 6.26 Å². The van der Waals surface area contributed by atoms with Crippen LogP contribution in [0.5, 0.6) is 0 Å². The van der Waals surface area contributed by atoms with Crippen LogP contribution < -0.4 is 16.5 Å². The molecule has 0 unspecified atom stereocenters. The SMILES string of the molecule is Cn1c(=O)n(CCN2CC=C(c3ccc(F)cc3)C2)c2nc3c(n21)C(c1ccco1)=NCN3N. The van der Waals surface area contributed by atoms with E-state index < -0.39 is 0 Å². The third-order valence-electron chi connectivity index (χ3n) is 6.34. The van der Waals surface area contributed by atoms with Crippen molar-refractivity contribution in [2.24, 2.45) is 17.9 Å². The Balaban J connectivity index is 1.28. The maximum atomic E-state index is 13.2. The van der Waals surface area contributed by atoms with Crippen molar-refractivity contribution in [3.8, 4) is 0 Å². The summed E-state index contributed by atoms with van der Waals surface area (Å²) in [4.78, 5) is 24.6. The van der Waals surface area contributed by atoms with Gasteiger partial charge in [-0.15, -0.1) is 0 Å². The second kappa shape index (κ2) is 7.82. The van der Waals surface area contributed by atoms with Crippen LogP contribution in [0.15, 0.2) is 62.9 Å². The number of fused-ring (bicyclic) bond motifs is 3. The first kappa shape index (κ1) is 20.6. The first-order valence-electron chi connectivity index (χ1n) is 11.0. The molecule has 0 fully saturated rings. The van der Waals surface area contributed by atoms with Crippen LogP contribution in [0.1, 0.15) is 17.0 Å². The van der Waals surface area contributed by atoms with E-state index in [1.54, 1.807) is 40.6 Å². The molecule has 2 aliphatic rings. The molecule has 0 amide bonds. The summed E-state index contributed by atoms with van der Waals surface area (Å²) in [6, 6.07) is 10.1. The Hall–Kier alpha value is -3.96. The predicted octanol–water partition coefficient (Wildman–Crippen LogP) is 1.45. The highest BCUT2D eigenvalue weighted by molar-refractivity contribution is 6.14. The highest BCUT2D eigenvalue weighted by Gasteiger charge is 2.31. The van der Waals surface area contributed by atoms with E-state index in [4.69, 9.17) is 15.2 Å². The first-order valence-corrected chi connectivity index (χ1v) is 11.0. The number of hydrazine groups is 1. The summed E-state index contributed by atoms with van der Waals surface area (Å²) in [7, 11) is 1.70. The van der Waals surface area contributed by atoms with Gasteiger partial charge in [-0.2, -0.15) is 4.98 Å². The minimum Gasteiger partial charge on any atom is -0.463 e. The summed E-state index contributed by atoms with van der Waals surface area (Å²) in [5.74, 6) is 7.55. The van der Waals surface area contributed by atoms with E-state index in [0.717, 1.165) is 24.2 Å². The Bertz CT molecular complexity index is 1490. The molecule has 0 saturated carbocycles. The molecule has 5 heterocycles. The number of nitrogens with zero attached hydrogens (tertiary/aromatic N) is 7. The quantitative estimate of drug-likeness (QED) is 0.451. The summed E-state index contributed by atoms with van der Waals surface area (Å²) in [6.45, 7) is 2.86. The normalized spacial score (nSPS) is 16.3. The van der Waals surface area contributed by atoms with E-state index in [1.165, 1.54) is 21.8 Å². The zero-order valence-corrected chi connectivity index (χ0v) is 18.6. The van der Waals surface area contributed by atoms with Gasteiger partial charge in [0, 0.05) is 33.2 Å². The number of halogens is 1. The number of hydrogen-bond donors (Lipinski definition) is 1. The van der Waals surface area contributed by atoms with Gasteiger partial charge in [-0.3, -0.25) is 19.5 Å². The van der Waals surface area contributed by atoms with Gasteiger partial charge in [-0.1, -0.05) is 18.2 Å². The lowest BCUT2D eigenvalue weighted by molar-refractivity contribution is 0.336. The van der Waals surface area contributed by atoms with E-state index in [9.17, 15) is 9.18 Å². The molecule has 0 radical (unpaired) electrons. The summed E-state index contributed by atoms with van der Waals surface area (Å²) in [5.41, 5.74) is 3.22. The fourth-order valence-corrected chi connectivity index (χ4v) is 4.59. The van der Waals surface area contributed by atoms with Crippen LogP contribution in [-0.4, -0.2) is 55.7 Å². The molecule has 11 heteroatoms. The smallest absolute Gasteiger partial charge is 0.345 e. The van der Waals surface area contributed by atoms with Gasteiger partial charge in [0.1, 0.15) is 23.9 Å². The Morgan fingerprint density at radius 2 is 2.00 bits per heavy atom. The largest absolute Gasteiger partial charge is 0.463 e. The Kier molecular flexibility index (Phi) is 4.74. The minimum absolute atomic E-state index is 0.177. The molecule has 4 aromatic rings. The summed E-state index contributed by atoms with van der Waals surface area (Å²) in [6.07, 6.45) is 3.72. The molecule has 1 aromatic carbocycles. The highest BCUT2D eigenvalue weighted by Crippen LogP contribution is 2.27. The molecule has 174 valence electrons. The molecular formula is C23H23FN8O2. The zero-order chi connectivity index (χ0) is 23.4. The van der Waals surface area contributed by atoms with Crippen molar-refractivity contribution in [1.82, 2.24) is 23.6 Å². The Morgan fingerprint density at radius 3 is 2.76 bits per heavy atom. The number of aryl methyl sites for hydroxylation is 1. The maximum absolute atomic E-state index is 13.2. The van der Waals surface area contributed by atoms with Crippen LogP contribution in [0.25, 0.3) is 11.4 Å². The summed E-state index contributed by atoms with van der Waals surface area (Å²) < 4.78 is 23.7. The first-order chi connectivity index (χ1) is 16.5. The third-order valence-corrected chi connectivity index (χ3v) is 6.34. The number of hydrogen-bond acceptors (Lipinski definition) is 7. The van der Waals surface area contributed by atoms with Crippen molar-refractivity contribution in [2.75, 3.05) is 31.3 Å². The van der Waals surface area contributed by atoms with Crippen LogP contribution in [0.4, 0.5) is 10.2 Å². The van der Waals surface area contributed by atoms with Gasteiger partial charge < -0.3 is 4.42 Å². The van der Waals surface area contributed by atoms with Crippen LogP contribution in [0, 0.1) is 5.82 Å². The monoisotopic (exact) mass is 462 g/mol. The van der Waals surface area contributed by atoms with Gasteiger partial charge >= 0.3 is 5.69 Å². The van der Waals surface area contributed by atoms with Crippen molar-refractivity contribution in [3.63, 3.8) is 0 Å². The van der Waals surface area contributed by atoms with E-state index in [-0.39, 0.29) is 18.2 Å². The molecule has 0 spiro atoms. The number of imidazole rings is 1. The van der Waals surface area contributed by atoms with Crippen LogP contribution in [0.2, 0.25) is 0 Å². The van der Waals surface area contributed by atoms with Crippen LogP contribution in [-0.2, 0) is 13.6 Å². The van der Waals surface area contributed by atoms with Gasteiger partial charge in [0.2, 0.25) is 5.78 Å². The lowest BCUT2D eigenvalue weighted by Gasteiger charge is -2.20. The molecule has 3 aromatic heterocycles. The highest BCUT2D eigenvalue weighted by atomic mass is 19.1. The van der Waals surface area contributed by atoms with E-state index >= 15 is 0 Å². The average Bonchev–Trinajstić information content (AvgIpc) is 3.62. The van der Waals surface area contributed by atoms with E-state index in [2.05, 4.69) is 16.0 Å². The molecule has 2 N–H and O–H groups in total. The van der Waals surface area contributed by atoms with Gasteiger partial charge in [-0.05, 0) is 35.4 Å². The molecule has 2 aliphatic heterocycles. The topological polar surface area (TPSA) is 102 Å². The molecule has 10 nitrogen and oxygen atoms in total. The minimum atomic E-state index is -0.245. The molecule has 6 rings (SSSR count). The number of anilines is 1. The number of aromatic nitrogens is 4. The van der Waals surface area contributed by atoms with Crippen molar-refractivity contribution in [2.45, 2.75) is 6.54 Å². The standard InChI is InChI=1S/C23H23FN8O2/c1-28-23(33)30(11-10-29-9-8-16(13-29)15-4-6-17(24)7-5-15)22-27-21-20(32(22)28)19(26-14-31(21)25)18-3-2-12-34-18/h2-8,12H,9-11,13-14,25H2,1H3. The number of rotatable bonds is 5. The third kappa shape index (κ3) is 3.20. The lowest BCUT2D eigenvalue weighted by Crippen LogP contribution is -2.37. The molecule has 0 saturated heterocycles. The van der Waals surface area contributed by atoms with Crippen LogP contribution >= 0.6 is 0 Å². The number of benzene rings is 1. The molecule has 0 atom stereocenters. The van der Waals surface area contributed by atoms with Crippen molar-refractivity contribution < 1.29 is 8.81 Å². The maximum Gasteiger partial charge on any atom is 0.345 e. The average molecular weight is 462 g/mol. The fourth-order valence-electron chi connectivity index (χ4n) is 4.59.